The van der Waals surface area contributed by atoms with Gasteiger partial charge in [-0.05, 0) is 18.7 Å². The molecule has 3 heteroatoms. The van der Waals surface area contributed by atoms with Crippen LogP contribution < -0.4 is 15.2 Å². The second-order valence-electron chi connectivity index (χ2n) is 6.59. The van der Waals surface area contributed by atoms with Crippen LogP contribution in [0.25, 0.3) is 0 Å². The van der Waals surface area contributed by atoms with Crippen LogP contribution in [0.4, 0.5) is 0 Å². The maximum atomic E-state index is 5.43. The van der Waals surface area contributed by atoms with Crippen LogP contribution in [0, 0.1) is 0 Å². The summed E-state index contributed by atoms with van der Waals surface area (Å²) in [6, 6.07) is 23.9. The normalized spacial score (nSPS) is 16.4. The minimum absolute atomic E-state index is 0.892. The first kappa shape index (κ1) is 16.3. The van der Waals surface area contributed by atoms with Gasteiger partial charge in [-0.25, -0.2) is 0 Å². The summed E-state index contributed by atoms with van der Waals surface area (Å²) in [5.41, 5.74) is 1.25. The highest BCUT2D eigenvalue weighted by molar-refractivity contribution is 6.92. The van der Waals surface area contributed by atoms with Gasteiger partial charge in [0.15, 0.2) is 0 Å². The fraction of sp³-hybridized carbons (Fsp3) is 0.400. The molecule has 1 fully saturated rings. The molecule has 0 aromatic heterocycles. The van der Waals surface area contributed by atoms with Crippen LogP contribution in [-0.4, -0.2) is 21.7 Å². The van der Waals surface area contributed by atoms with Crippen LogP contribution in [0.15, 0.2) is 54.6 Å². The molecule has 1 aliphatic heterocycles. The highest BCUT2D eigenvalue weighted by Gasteiger charge is 2.37. The third kappa shape index (κ3) is 3.85. The zero-order chi connectivity index (χ0) is 16.0. The summed E-state index contributed by atoms with van der Waals surface area (Å²) in [5.74, 6) is 0.982. The van der Waals surface area contributed by atoms with Crippen molar-refractivity contribution in [2.45, 2.75) is 37.5 Å². The van der Waals surface area contributed by atoms with Crippen LogP contribution in [0.5, 0.6) is 5.75 Å². The number of rotatable bonds is 7. The number of para-hydroxylation sites is 1. The van der Waals surface area contributed by atoms with Gasteiger partial charge >= 0.3 is 0 Å². The number of hydrogen-bond acceptors (Lipinski definition) is 2. The highest BCUT2D eigenvalue weighted by atomic mass is 28.3. The van der Waals surface area contributed by atoms with E-state index in [0.29, 0.717) is 0 Å². The van der Waals surface area contributed by atoms with Crippen molar-refractivity contribution >= 4 is 13.3 Å². The molecule has 0 aliphatic carbocycles. The van der Waals surface area contributed by atoms with Gasteiger partial charge in [0.05, 0.1) is 15.2 Å². The molecule has 1 N–H and O–H groups in total. The maximum absolute atomic E-state index is 5.43. The molecule has 0 saturated carbocycles. The maximum Gasteiger partial charge on any atom is 0.123 e. The summed E-state index contributed by atoms with van der Waals surface area (Å²) >= 11 is 0. The van der Waals surface area contributed by atoms with E-state index < -0.39 is 8.07 Å². The van der Waals surface area contributed by atoms with E-state index in [1.54, 1.807) is 12.3 Å². The summed E-state index contributed by atoms with van der Waals surface area (Å²) in [4.78, 5) is 0. The van der Waals surface area contributed by atoms with E-state index >= 15 is 0 Å². The van der Waals surface area contributed by atoms with Gasteiger partial charge in [-0.1, -0.05) is 78.6 Å². The largest absolute Gasteiger partial charge is 0.496 e. The first-order valence-corrected chi connectivity index (χ1v) is 11.3. The van der Waals surface area contributed by atoms with Crippen molar-refractivity contribution in [2.24, 2.45) is 0 Å². The van der Waals surface area contributed by atoms with Gasteiger partial charge in [-0.15, -0.1) is 0 Å². The molecule has 1 heterocycles. The number of benzene rings is 2. The third-order valence-electron chi connectivity index (χ3n) is 5.24. The van der Waals surface area contributed by atoms with Crippen molar-refractivity contribution in [2.75, 3.05) is 13.7 Å². The Balaban J connectivity index is 1.58. The van der Waals surface area contributed by atoms with Gasteiger partial charge in [0.25, 0.3) is 0 Å². The van der Waals surface area contributed by atoms with Crippen LogP contribution in [0.2, 0.25) is 18.1 Å². The predicted molar refractivity (Wildman–Crippen MR) is 100 cm³/mol. The number of methoxy groups -OCH3 is 1. The molecule has 0 bridgehead atoms. The molecular formula is C20H27NOSi. The first-order chi connectivity index (χ1) is 11.3. The average molecular weight is 326 g/mol. The molecule has 23 heavy (non-hydrogen) atoms. The fourth-order valence-corrected chi connectivity index (χ4v) is 8.95. The third-order valence-corrected chi connectivity index (χ3v) is 10.6. The Kier molecular flexibility index (Phi) is 5.52. The van der Waals surface area contributed by atoms with Crippen molar-refractivity contribution < 1.29 is 4.74 Å². The minimum Gasteiger partial charge on any atom is -0.496 e. The van der Waals surface area contributed by atoms with E-state index in [0.717, 1.165) is 18.8 Å². The van der Waals surface area contributed by atoms with Crippen LogP contribution in [-0.2, 0) is 6.54 Å². The SMILES string of the molecule is COc1ccccc1CNCC[Si]1(c2ccccc2)CCCC1. The number of ether oxygens (including phenoxy) is 1. The van der Waals surface area contributed by atoms with Crippen LogP contribution >= 0.6 is 0 Å². The molecule has 0 amide bonds. The van der Waals surface area contributed by atoms with Gasteiger partial charge in [0.1, 0.15) is 5.75 Å². The lowest BCUT2D eigenvalue weighted by atomic mass is 10.2. The zero-order valence-electron chi connectivity index (χ0n) is 14.1. The van der Waals surface area contributed by atoms with E-state index in [1.807, 2.05) is 12.1 Å². The lowest BCUT2D eigenvalue weighted by Gasteiger charge is -2.27. The summed E-state index contributed by atoms with van der Waals surface area (Å²) in [5, 5.41) is 5.32. The number of nitrogens with one attached hydrogen (secondary N) is 1. The van der Waals surface area contributed by atoms with E-state index in [2.05, 4.69) is 47.8 Å². The lowest BCUT2D eigenvalue weighted by Crippen LogP contribution is -2.46. The second kappa shape index (κ2) is 7.80. The predicted octanol–water partition coefficient (Wildman–Crippen LogP) is 3.93. The van der Waals surface area contributed by atoms with E-state index in [9.17, 15) is 0 Å². The average Bonchev–Trinajstić information content (AvgIpc) is 3.10. The smallest absolute Gasteiger partial charge is 0.123 e. The molecule has 0 unspecified atom stereocenters. The Morgan fingerprint density at radius 3 is 2.39 bits per heavy atom. The summed E-state index contributed by atoms with van der Waals surface area (Å²) in [6.45, 7) is 2.00. The molecule has 122 valence electrons. The molecule has 1 saturated heterocycles. The molecule has 1 aliphatic rings. The Bertz CT molecular complexity index is 608. The topological polar surface area (TPSA) is 21.3 Å². The van der Waals surface area contributed by atoms with Crippen molar-refractivity contribution in [3.05, 3.63) is 60.2 Å². The molecule has 2 aromatic rings. The minimum atomic E-state index is -1.26. The Hall–Kier alpha value is -1.58. The molecule has 0 atom stereocenters. The van der Waals surface area contributed by atoms with Gasteiger partial charge in [-0.2, -0.15) is 0 Å². The second-order valence-corrected chi connectivity index (χ2v) is 11.2. The monoisotopic (exact) mass is 325 g/mol. The van der Waals surface area contributed by atoms with Crippen molar-refractivity contribution in [1.29, 1.82) is 0 Å². The molecule has 2 nitrogen and oxygen atoms in total. The van der Waals surface area contributed by atoms with Crippen LogP contribution in [0.3, 0.4) is 0 Å². The standard InChI is InChI=1S/C20H27NOSi/c1-22-20-12-6-5-9-18(20)17-21-13-16-23(14-7-8-15-23)19-10-3-2-4-11-19/h2-6,9-12,21H,7-8,13-17H2,1H3. The fourth-order valence-electron chi connectivity index (χ4n) is 3.93. The van der Waals surface area contributed by atoms with Gasteiger partial charge in [0, 0.05) is 12.1 Å². The summed E-state index contributed by atoms with van der Waals surface area (Å²) in [6.07, 6.45) is 2.85. The van der Waals surface area contributed by atoms with Crippen molar-refractivity contribution in [3.63, 3.8) is 0 Å². The van der Waals surface area contributed by atoms with Crippen LogP contribution in [0.1, 0.15) is 18.4 Å². The highest BCUT2D eigenvalue weighted by Crippen LogP contribution is 2.32. The molecule has 2 aromatic carbocycles. The van der Waals surface area contributed by atoms with Gasteiger partial charge in [-0.3, -0.25) is 0 Å². The number of hydrogen-bond donors (Lipinski definition) is 1. The molecule has 3 rings (SSSR count). The molecular weight excluding hydrogens is 298 g/mol. The molecule has 0 radical (unpaired) electrons. The van der Waals surface area contributed by atoms with Crippen molar-refractivity contribution in [1.82, 2.24) is 5.32 Å². The van der Waals surface area contributed by atoms with Crippen molar-refractivity contribution in [3.8, 4) is 5.75 Å². The Labute approximate surface area is 140 Å². The zero-order valence-corrected chi connectivity index (χ0v) is 15.1. The first-order valence-electron chi connectivity index (χ1n) is 8.72. The van der Waals surface area contributed by atoms with Gasteiger partial charge < -0.3 is 10.1 Å². The Morgan fingerprint density at radius 1 is 0.957 bits per heavy atom. The Morgan fingerprint density at radius 2 is 1.65 bits per heavy atom. The molecule has 0 spiro atoms. The van der Waals surface area contributed by atoms with E-state index in [-0.39, 0.29) is 0 Å². The summed E-state index contributed by atoms with van der Waals surface area (Å²) in [7, 11) is 0.482. The quantitative estimate of drug-likeness (QED) is 0.615. The van der Waals surface area contributed by atoms with Gasteiger partial charge in [0.2, 0.25) is 0 Å². The van der Waals surface area contributed by atoms with E-state index in [1.165, 1.54) is 36.5 Å². The lowest BCUT2D eigenvalue weighted by molar-refractivity contribution is 0.408. The summed E-state index contributed by atoms with van der Waals surface area (Å²) < 4.78 is 5.43. The van der Waals surface area contributed by atoms with E-state index in [4.69, 9.17) is 4.74 Å².